The highest BCUT2D eigenvalue weighted by Crippen LogP contribution is 2.25. The Labute approximate surface area is 123 Å². The summed E-state index contributed by atoms with van der Waals surface area (Å²) in [5, 5.41) is 3.45. The third kappa shape index (κ3) is 2.53. The van der Waals surface area contributed by atoms with E-state index in [0.29, 0.717) is 16.7 Å². The highest BCUT2D eigenvalue weighted by Gasteiger charge is 2.13. The highest BCUT2D eigenvalue weighted by atomic mass is 19.1. The first-order chi connectivity index (χ1) is 10.6. The van der Waals surface area contributed by atoms with E-state index in [1.807, 2.05) is 0 Å². The number of anilines is 3. The smallest absolute Gasteiger partial charge is 0.373 e. The van der Waals surface area contributed by atoms with Crippen LogP contribution in [0, 0.1) is 5.82 Å². The lowest BCUT2D eigenvalue weighted by Crippen LogP contribution is -2.02. The summed E-state index contributed by atoms with van der Waals surface area (Å²) in [7, 11) is 1.27. The Morgan fingerprint density at radius 1 is 1.41 bits per heavy atom. The highest BCUT2D eigenvalue weighted by molar-refractivity contribution is 5.93. The molecule has 112 valence electrons. The minimum Gasteiger partial charge on any atom is -0.463 e. The summed E-state index contributed by atoms with van der Waals surface area (Å²) in [6.07, 6.45) is 0.983. The maximum absolute atomic E-state index is 13.6. The van der Waals surface area contributed by atoms with Crippen molar-refractivity contribution in [3.8, 4) is 0 Å². The Hall–Kier alpha value is -3.16. The predicted octanol–water partition coefficient (Wildman–Crippen LogP) is 2.47. The lowest BCUT2D eigenvalue weighted by molar-refractivity contribution is 0.0567. The van der Waals surface area contributed by atoms with Crippen molar-refractivity contribution in [1.29, 1.82) is 0 Å². The summed E-state index contributed by atoms with van der Waals surface area (Å²) in [5.41, 5.74) is 6.49. The molecule has 0 aliphatic rings. The Bertz CT molecular complexity index is 862. The number of fused-ring (bicyclic) bond motifs is 1. The van der Waals surface area contributed by atoms with Crippen LogP contribution in [0.1, 0.15) is 10.6 Å². The summed E-state index contributed by atoms with van der Waals surface area (Å²) in [6, 6.07) is 6.53. The first-order valence-corrected chi connectivity index (χ1v) is 6.24. The molecular weight excluding hydrogens is 291 g/mol. The van der Waals surface area contributed by atoms with Gasteiger partial charge >= 0.3 is 5.97 Å². The van der Waals surface area contributed by atoms with Gasteiger partial charge in [0.15, 0.2) is 11.6 Å². The topological polar surface area (TPSA) is 103 Å². The molecule has 3 aromatic rings. The molecule has 0 aliphatic heterocycles. The summed E-state index contributed by atoms with van der Waals surface area (Å²) >= 11 is 0. The summed E-state index contributed by atoms with van der Waals surface area (Å²) in [4.78, 5) is 18.8. The van der Waals surface area contributed by atoms with Crippen LogP contribution in [0.2, 0.25) is 0 Å². The standard InChI is InChI=1S/C14H11FN4O3/c1-21-13(20)11-5-7-4-8(2-3-10(7)22-11)18-12-9(15)6-17-14(16)19-12/h2-6H,1H3,(H3,16,17,18,19). The molecule has 0 atom stereocenters. The molecule has 2 aromatic heterocycles. The van der Waals surface area contributed by atoms with E-state index in [-0.39, 0.29) is 17.5 Å². The second-order valence-corrected chi connectivity index (χ2v) is 4.40. The number of methoxy groups -OCH3 is 1. The maximum atomic E-state index is 13.6. The predicted molar refractivity (Wildman–Crippen MR) is 77.2 cm³/mol. The lowest BCUT2D eigenvalue weighted by Gasteiger charge is -2.06. The van der Waals surface area contributed by atoms with Crippen molar-refractivity contribution in [2.75, 3.05) is 18.2 Å². The van der Waals surface area contributed by atoms with Crippen LogP contribution >= 0.6 is 0 Å². The maximum Gasteiger partial charge on any atom is 0.373 e. The number of halogens is 1. The van der Waals surface area contributed by atoms with E-state index >= 15 is 0 Å². The van der Waals surface area contributed by atoms with Gasteiger partial charge in [-0.25, -0.2) is 14.2 Å². The number of esters is 1. The fourth-order valence-corrected chi connectivity index (χ4v) is 1.93. The lowest BCUT2D eigenvalue weighted by atomic mass is 10.2. The van der Waals surface area contributed by atoms with Gasteiger partial charge in [-0.05, 0) is 24.3 Å². The molecule has 1 aromatic carbocycles. The van der Waals surface area contributed by atoms with Crippen molar-refractivity contribution >= 4 is 34.4 Å². The van der Waals surface area contributed by atoms with Crippen LogP contribution in [0.25, 0.3) is 11.0 Å². The molecule has 22 heavy (non-hydrogen) atoms. The minimum absolute atomic E-state index is 0.0384. The first kappa shape index (κ1) is 13.8. The van der Waals surface area contributed by atoms with Gasteiger partial charge in [-0.1, -0.05) is 0 Å². The van der Waals surface area contributed by atoms with Gasteiger partial charge in [0.1, 0.15) is 5.58 Å². The quantitative estimate of drug-likeness (QED) is 0.716. The Morgan fingerprint density at radius 3 is 3.00 bits per heavy atom. The summed E-state index contributed by atoms with van der Waals surface area (Å²) in [6.45, 7) is 0. The van der Waals surface area contributed by atoms with Crippen molar-refractivity contribution in [3.05, 3.63) is 42.0 Å². The molecule has 0 radical (unpaired) electrons. The number of nitrogens with zero attached hydrogens (tertiary/aromatic N) is 2. The second-order valence-electron chi connectivity index (χ2n) is 4.40. The molecule has 0 saturated heterocycles. The number of hydrogen-bond donors (Lipinski definition) is 2. The molecule has 0 unspecified atom stereocenters. The van der Waals surface area contributed by atoms with Crippen LogP contribution in [0.3, 0.4) is 0 Å². The monoisotopic (exact) mass is 302 g/mol. The van der Waals surface area contributed by atoms with Gasteiger partial charge in [-0.15, -0.1) is 0 Å². The average Bonchev–Trinajstić information content (AvgIpc) is 2.93. The zero-order valence-corrected chi connectivity index (χ0v) is 11.5. The molecule has 0 fully saturated rings. The average molecular weight is 302 g/mol. The molecule has 2 heterocycles. The molecule has 8 heteroatoms. The number of carbonyl (C=O) groups excluding carboxylic acids is 1. The zero-order valence-electron chi connectivity index (χ0n) is 11.5. The number of nitrogens with one attached hydrogen (secondary N) is 1. The first-order valence-electron chi connectivity index (χ1n) is 6.24. The number of nitrogens with two attached hydrogens (primary N) is 1. The van der Waals surface area contributed by atoms with E-state index in [1.54, 1.807) is 18.2 Å². The molecule has 3 N–H and O–H groups in total. The van der Waals surface area contributed by atoms with E-state index in [1.165, 1.54) is 13.2 Å². The molecule has 0 spiro atoms. The van der Waals surface area contributed by atoms with Gasteiger partial charge in [-0.2, -0.15) is 4.98 Å². The van der Waals surface area contributed by atoms with E-state index in [9.17, 15) is 9.18 Å². The Kier molecular flexibility index (Phi) is 3.34. The van der Waals surface area contributed by atoms with Crippen LogP contribution in [0.5, 0.6) is 0 Å². The fourth-order valence-electron chi connectivity index (χ4n) is 1.93. The second kappa shape index (κ2) is 5.32. The van der Waals surface area contributed by atoms with Crippen LogP contribution in [0.15, 0.2) is 34.9 Å². The van der Waals surface area contributed by atoms with Crippen molar-refractivity contribution in [1.82, 2.24) is 9.97 Å². The molecule has 3 rings (SSSR count). The SMILES string of the molecule is COC(=O)c1cc2cc(Nc3nc(N)ncc3F)ccc2o1. The van der Waals surface area contributed by atoms with Crippen molar-refractivity contribution in [2.24, 2.45) is 0 Å². The van der Waals surface area contributed by atoms with Crippen LogP contribution in [-0.2, 0) is 4.74 Å². The fraction of sp³-hybridized carbons (Fsp3) is 0.0714. The van der Waals surface area contributed by atoms with Crippen molar-refractivity contribution in [3.63, 3.8) is 0 Å². The molecule has 0 aliphatic carbocycles. The van der Waals surface area contributed by atoms with Crippen LogP contribution in [-0.4, -0.2) is 23.0 Å². The van der Waals surface area contributed by atoms with Crippen molar-refractivity contribution < 1.29 is 18.3 Å². The van der Waals surface area contributed by atoms with E-state index in [4.69, 9.17) is 10.2 Å². The third-order valence-electron chi connectivity index (χ3n) is 2.93. The Balaban J connectivity index is 1.94. The van der Waals surface area contributed by atoms with E-state index in [0.717, 1.165) is 6.20 Å². The number of furan rings is 1. The van der Waals surface area contributed by atoms with Gasteiger partial charge < -0.3 is 20.2 Å². The number of carbonyl (C=O) groups is 1. The number of hydrogen-bond acceptors (Lipinski definition) is 7. The van der Waals surface area contributed by atoms with Crippen LogP contribution < -0.4 is 11.1 Å². The summed E-state index contributed by atoms with van der Waals surface area (Å²) in [5.74, 6) is -1.19. The van der Waals surface area contributed by atoms with Gasteiger partial charge in [0.2, 0.25) is 11.7 Å². The summed E-state index contributed by atoms with van der Waals surface area (Å²) < 4.78 is 23.5. The largest absolute Gasteiger partial charge is 0.463 e. The molecule has 0 saturated carbocycles. The molecular formula is C14H11FN4O3. The van der Waals surface area contributed by atoms with Crippen molar-refractivity contribution in [2.45, 2.75) is 0 Å². The van der Waals surface area contributed by atoms with E-state index < -0.39 is 11.8 Å². The van der Waals surface area contributed by atoms with Gasteiger partial charge in [0.05, 0.1) is 13.3 Å². The number of ether oxygens (including phenoxy) is 1. The minimum atomic E-state index is -0.628. The molecule has 7 nitrogen and oxygen atoms in total. The Morgan fingerprint density at radius 2 is 2.23 bits per heavy atom. The molecule has 0 amide bonds. The van der Waals surface area contributed by atoms with Crippen LogP contribution in [0.4, 0.5) is 21.8 Å². The number of aromatic nitrogens is 2. The number of nitrogen functional groups attached to an aromatic ring is 1. The van der Waals surface area contributed by atoms with Gasteiger partial charge in [0.25, 0.3) is 0 Å². The van der Waals surface area contributed by atoms with E-state index in [2.05, 4.69) is 20.0 Å². The zero-order chi connectivity index (χ0) is 15.7. The normalized spacial score (nSPS) is 10.6. The van der Waals surface area contributed by atoms with Gasteiger partial charge in [-0.3, -0.25) is 0 Å². The van der Waals surface area contributed by atoms with Gasteiger partial charge in [0, 0.05) is 11.1 Å². The number of benzene rings is 1. The third-order valence-corrected chi connectivity index (χ3v) is 2.93. The number of rotatable bonds is 3. The molecule has 0 bridgehead atoms.